The van der Waals surface area contributed by atoms with E-state index in [1.807, 2.05) is 0 Å². The van der Waals surface area contributed by atoms with Gasteiger partial charge in [-0.15, -0.1) is 0 Å². The number of carbonyl (C=O) groups is 1. The van der Waals surface area contributed by atoms with Crippen LogP contribution in [0.2, 0.25) is 0 Å². The zero-order valence-electron chi connectivity index (χ0n) is 43.6. The Kier molecular flexibility index (Phi) is 52.7. The molecule has 0 radical (unpaired) electrons. The summed E-state index contributed by atoms with van der Waals surface area (Å²) in [4.78, 5) is 12.5. The van der Waals surface area contributed by atoms with E-state index in [1.54, 1.807) is 0 Å². The molecule has 0 aromatic carbocycles. The van der Waals surface area contributed by atoms with Gasteiger partial charge >= 0.3 is 0 Å². The maximum absolute atomic E-state index is 12.5. The first-order chi connectivity index (χ1) is 31.5. The van der Waals surface area contributed by atoms with Gasteiger partial charge in [0.05, 0.1) is 18.8 Å². The van der Waals surface area contributed by atoms with Gasteiger partial charge in [0, 0.05) is 0 Å². The van der Waals surface area contributed by atoms with Crippen LogP contribution in [0.4, 0.5) is 0 Å². The van der Waals surface area contributed by atoms with Crippen molar-refractivity contribution in [2.45, 2.75) is 359 Å². The molecule has 0 aromatic rings. The third-order valence-corrected chi connectivity index (χ3v) is 14.3. The van der Waals surface area contributed by atoms with Crippen LogP contribution in [0.15, 0.2) is 0 Å². The molecule has 0 aromatic heterocycles. The Balaban J connectivity index is 3.42. The summed E-state index contributed by atoms with van der Waals surface area (Å²) in [5.74, 6) is -0.578. The molecule has 0 rings (SSSR count). The lowest BCUT2D eigenvalue weighted by Crippen LogP contribution is -2.53. The zero-order valence-corrected chi connectivity index (χ0v) is 43.6. The van der Waals surface area contributed by atoms with Crippen LogP contribution in [0.5, 0.6) is 0 Å². The molecule has 0 saturated heterocycles. The fourth-order valence-electron chi connectivity index (χ4n) is 9.70. The highest BCUT2D eigenvalue weighted by atomic mass is 16.3. The summed E-state index contributed by atoms with van der Waals surface area (Å²) < 4.78 is 0. The summed E-state index contributed by atoms with van der Waals surface area (Å²) in [5, 5.41) is 43.7. The lowest BCUT2D eigenvalue weighted by Gasteiger charge is -2.27. The van der Waals surface area contributed by atoms with E-state index in [1.165, 1.54) is 270 Å². The lowest BCUT2D eigenvalue weighted by atomic mass is 9.99. The molecule has 0 heterocycles. The summed E-state index contributed by atoms with van der Waals surface area (Å²) in [6.45, 7) is 4.06. The van der Waals surface area contributed by atoms with Crippen LogP contribution >= 0.6 is 0 Å². The number of nitrogens with one attached hydrogen (secondary N) is 1. The van der Waals surface area contributed by atoms with Crippen molar-refractivity contribution in [3.05, 3.63) is 0 Å². The topological polar surface area (TPSA) is 110 Å². The molecule has 0 aliphatic carbocycles. The second-order valence-corrected chi connectivity index (χ2v) is 20.7. The van der Waals surface area contributed by atoms with Crippen LogP contribution in [-0.2, 0) is 4.79 Å². The third kappa shape index (κ3) is 46.4. The molecule has 6 nitrogen and oxygen atoms in total. The van der Waals surface area contributed by atoms with E-state index >= 15 is 0 Å². The van der Waals surface area contributed by atoms with Crippen LogP contribution in [0, 0.1) is 0 Å². The van der Waals surface area contributed by atoms with Crippen molar-refractivity contribution in [2.24, 2.45) is 0 Å². The maximum Gasteiger partial charge on any atom is 0.249 e. The van der Waals surface area contributed by atoms with Crippen molar-refractivity contribution < 1.29 is 25.2 Å². The highest BCUT2D eigenvalue weighted by Crippen LogP contribution is 2.19. The Morgan fingerprint density at radius 2 is 0.531 bits per heavy atom. The number of hydrogen-bond donors (Lipinski definition) is 5. The summed E-state index contributed by atoms with van der Waals surface area (Å²) in [6.07, 6.45) is 62.2. The number of carbonyl (C=O) groups excluding carboxylic acids is 1. The summed E-state index contributed by atoms with van der Waals surface area (Å²) in [6, 6.07) is -0.979. The molecule has 64 heavy (non-hydrogen) atoms. The van der Waals surface area contributed by atoms with Gasteiger partial charge in [-0.05, 0) is 12.8 Å². The molecule has 4 unspecified atom stereocenters. The minimum atomic E-state index is -1.25. The minimum Gasteiger partial charge on any atom is -0.394 e. The molecule has 4 atom stereocenters. The van der Waals surface area contributed by atoms with E-state index in [4.69, 9.17) is 0 Å². The second-order valence-electron chi connectivity index (χ2n) is 20.7. The van der Waals surface area contributed by atoms with E-state index in [0.29, 0.717) is 12.8 Å². The Hall–Kier alpha value is -0.690. The summed E-state index contributed by atoms with van der Waals surface area (Å²) in [5.41, 5.74) is 0. The Bertz CT molecular complexity index is 887. The fourth-order valence-corrected chi connectivity index (χ4v) is 9.70. The predicted octanol–water partition coefficient (Wildman–Crippen LogP) is 17.1. The van der Waals surface area contributed by atoms with Crippen molar-refractivity contribution in [1.82, 2.24) is 5.32 Å². The van der Waals surface area contributed by atoms with Gasteiger partial charge in [-0.3, -0.25) is 4.79 Å². The number of rotatable bonds is 55. The van der Waals surface area contributed by atoms with Crippen LogP contribution in [0.1, 0.15) is 335 Å². The number of unbranched alkanes of at least 4 members (excludes halogenated alkanes) is 46. The Morgan fingerprint density at radius 3 is 0.750 bits per heavy atom. The average molecular weight is 909 g/mol. The van der Waals surface area contributed by atoms with Gasteiger partial charge < -0.3 is 25.7 Å². The van der Waals surface area contributed by atoms with Crippen molar-refractivity contribution in [2.75, 3.05) is 6.61 Å². The number of aliphatic hydroxyl groups is 4. The Morgan fingerprint density at radius 1 is 0.328 bits per heavy atom. The van der Waals surface area contributed by atoms with E-state index in [2.05, 4.69) is 19.2 Å². The first kappa shape index (κ1) is 63.3. The van der Waals surface area contributed by atoms with Crippen molar-refractivity contribution >= 4 is 5.91 Å². The molecular weight excluding hydrogens is 791 g/mol. The van der Waals surface area contributed by atoms with E-state index in [-0.39, 0.29) is 0 Å². The van der Waals surface area contributed by atoms with Crippen LogP contribution in [0.25, 0.3) is 0 Å². The Labute approximate surface area is 400 Å². The SMILES string of the molecule is CCCCCCCCCCCCCCCCCCCCCCCCCCCCCCCCCCCCCCCCC(O)C(=O)NC(CO)C(O)C(O)CCCCCCCCCCCC. The van der Waals surface area contributed by atoms with Crippen molar-refractivity contribution in [3.63, 3.8) is 0 Å². The summed E-state index contributed by atoms with van der Waals surface area (Å²) in [7, 11) is 0. The molecule has 0 aliphatic heterocycles. The zero-order chi connectivity index (χ0) is 46.7. The molecule has 0 bridgehead atoms. The van der Waals surface area contributed by atoms with Gasteiger partial charge in [0.25, 0.3) is 0 Å². The average Bonchev–Trinajstić information content (AvgIpc) is 3.30. The highest BCUT2D eigenvalue weighted by molar-refractivity contribution is 5.80. The molecule has 1 amide bonds. The van der Waals surface area contributed by atoms with Crippen LogP contribution < -0.4 is 5.32 Å². The van der Waals surface area contributed by atoms with Crippen LogP contribution in [-0.4, -0.2) is 57.3 Å². The number of amides is 1. The maximum atomic E-state index is 12.5. The first-order valence-electron chi connectivity index (χ1n) is 29.4. The molecule has 384 valence electrons. The van der Waals surface area contributed by atoms with E-state index in [0.717, 1.165) is 38.5 Å². The van der Waals surface area contributed by atoms with Gasteiger partial charge in [-0.1, -0.05) is 322 Å². The fraction of sp³-hybridized carbons (Fsp3) is 0.983. The standard InChI is InChI=1S/C58H117NO5/c1-3-5-7-9-11-13-15-16-17-18-19-20-21-22-23-24-25-26-27-28-29-30-31-32-33-34-35-36-37-38-39-40-41-42-44-46-48-50-52-56(62)58(64)59-54(53-60)57(63)55(61)51-49-47-45-43-14-12-10-8-6-4-2/h54-57,60-63H,3-53H2,1-2H3,(H,59,64). The van der Waals surface area contributed by atoms with Gasteiger partial charge in [0.15, 0.2) is 0 Å². The van der Waals surface area contributed by atoms with Gasteiger partial charge in [-0.2, -0.15) is 0 Å². The molecule has 0 aliphatic rings. The molecular formula is C58H117NO5. The van der Waals surface area contributed by atoms with Crippen molar-refractivity contribution in [1.29, 1.82) is 0 Å². The number of aliphatic hydroxyl groups excluding tert-OH is 4. The van der Waals surface area contributed by atoms with Gasteiger partial charge in [0.2, 0.25) is 5.91 Å². The van der Waals surface area contributed by atoms with Crippen molar-refractivity contribution in [3.8, 4) is 0 Å². The predicted molar refractivity (Wildman–Crippen MR) is 279 cm³/mol. The van der Waals surface area contributed by atoms with Crippen LogP contribution in [0.3, 0.4) is 0 Å². The number of hydrogen-bond acceptors (Lipinski definition) is 5. The summed E-state index contributed by atoms with van der Waals surface area (Å²) >= 11 is 0. The molecule has 5 N–H and O–H groups in total. The first-order valence-corrected chi connectivity index (χ1v) is 29.4. The highest BCUT2D eigenvalue weighted by Gasteiger charge is 2.28. The smallest absolute Gasteiger partial charge is 0.249 e. The third-order valence-electron chi connectivity index (χ3n) is 14.3. The monoisotopic (exact) mass is 908 g/mol. The second kappa shape index (κ2) is 53.3. The lowest BCUT2D eigenvalue weighted by molar-refractivity contribution is -0.132. The molecule has 0 spiro atoms. The quantitative estimate of drug-likeness (QED) is 0.0391. The normalized spacial score (nSPS) is 13.7. The van der Waals surface area contributed by atoms with E-state index < -0.39 is 36.9 Å². The molecule has 0 saturated carbocycles. The van der Waals surface area contributed by atoms with Gasteiger partial charge in [-0.25, -0.2) is 0 Å². The largest absolute Gasteiger partial charge is 0.394 e. The van der Waals surface area contributed by atoms with Gasteiger partial charge in [0.1, 0.15) is 12.2 Å². The van der Waals surface area contributed by atoms with E-state index in [9.17, 15) is 25.2 Å². The molecule has 6 heteroatoms. The molecule has 0 fully saturated rings. The minimum absolute atomic E-state index is 0.376.